The minimum Gasteiger partial charge on any atom is -0.313 e. The van der Waals surface area contributed by atoms with Crippen molar-refractivity contribution in [2.45, 2.75) is 26.7 Å². The van der Waals surface area contributed by atoms with E-state index in [0.717, 1.165) is 29.8 Å². The van der Waals surface area contributed by atoms with Gasteiger partial charge < -0.3 is 4.90 Å². The minimum absolute atomic E-state index is 0.0616. The molecule has 1 aliphatic rings. The van der Waals surface area contributed by atoms with Crippen molar-refractivity contribution in [3.8, 4) is 11.3 Å². The molecule has 1 amide bonds. The number of benzene rings is 1. The van der Waals surface area contributed by atoms with Crippen LogP contribution >= 0.6 is 0 Å². The highest BCUT2D eigenvalue weighted by Crippen LogP contribution is 2.35. The van der Waals surface area contributed by atoms with E-state index in [1.165, 1.54) is 17.5 Å². The summed E-state index contributed by atoms with van der Waals surface area (Å²) in [6, 6.07) is 6.20. The minimum atomic E-state index is 0.0616. The third kappa shape index (κ3) is 2.10. The summed E-state index contributed by atoms with van der Waals surface area (Å²) in [4.78, 5) is 22.1. The predicted octanol–water partition coefficient (Wildman–Crippen LogP) is 2.26. The molecule has 116 valence electrons. The molecule has 0 atom stereocenters. The van der Waals surface area contributed by atoms with E-state index in [1.54, 1.807) is 16.3 Å². The fourth-order valence-electron chi connectivity index (χ4n) is 3.33. The molecule has 2 aromatic heterocycles. The number of anilines is 1. The lowest BCUT2D eigenvalue weighted by atomic mass is 9.89. The summed E-state index contributed by atoms with van der Waals surface area (Å²) in [6.45, 7) is 4.26. The van der Waals surface area contributed by atoms with E-state index in [2.05, 4.69) is 27.2 Å². The van der Waals surface area contributed by atoms with Gasteiger partial charge in [0.05, 0.1) is 5.69 Å². The average Bonchev–Trinajstić information content (AvgIpc) is 3.03. The lowest BCUT2D eigenvalue weighted by Crippen LogP contribution is -2.28. The number of hydrogen-bond acceptors (Lipinski definition) is 4. The molecule has 2 heterocycles. The largest absolute Gasteiger partial charge is 0.313 e. The summed E-state index contributed by atoms with van der Waals surface area (Å²) in [5.41, 5.74) is 5.57. The van der Waals surface area contributed by atoms with Gasteiger partial charge in [0, 0.05) is 30.9 Å². The Hall–Kier alpha value is -2.76. The fraction of sp³-hybridized carbons (Fsp3) is 0.294. The standard InChI is InChI=1S/C17H17N5O/c1-3-21(11(2)23)14-6-7-15-12(8-14)4-5-13-9-18-17-19-10-20-22(17)16(13)15/h6-10H,3-5H2,1-2H3. The molecule has 0 saturated heterocycles. The van der Waals surface area contributed by atoms with Gasteiger partial charge in [0.15, 0.2) is 0 Å². The maximum atomic E-state index is 11.8. The number of aromatic nitrogens is 4. The quantitative estimate of drug-likeness (QED) is 0.728. The Bertz CT molecular complexity index is 914. The van der Waals surface area contributed by atoms with Gasteiger partial charge in [-0.05, 0) is 43.0 Å². The number of amides is 1. The molecule has 4 rings (SSSR count). The highest BCUT2D eigenvalue weighted by Gasteiger charge is 2.22. The third-order valence-electron chi connectivity index (χ3n) is 4.40. The van der Waals surface area contributed by atoms with Crippen LogP contribution in [0.25, 0.3) is 17.0 Å². The molecule has 6 nitrogen and oxygen atoms in total. The molecule has 0 unspecified atom stereocenters. The molecule has 0 saturated carbocycles. The van der Waals surface area contributed by atoms with E-state index in [4.69, 9.17) is 0 Å². The van der Waals surface area contributed by atoms with Crippen LogP contribution in [0.15, 0.2) is 30.7 Å². The van der Waals surface area contributed by atoms with E-state index < -0.39 is 0 Å². The molecule has 0 bridgehead atoms. The summed E-state index contributed by atoms with van der Waals surface area (Å²) in [6.07, 6.45) is 5.28. The summed E-state index contributed by atoms with van der Waals surface area (Å²) < 4.78 is 1.80. The second-order valence-corrected chi connectivity index (χ2v) is 5.71. The number of hydrogen-bond donors (Lipinski definition) is 0. The molecule has 1 aromatic carbocycles. The van der Waals surface area contributed by atoms with Gasteiger partial charge in [-0.2, -0.15) is 14.6 Å². The number of carbonyl (C=O) groups excluding carboxylic acids is 1. The number of carbonyl (C=O) groups is 1. The highest BCUT2D eigenvalue weighted by molar-refractivity contribution is 5.92. The van der Waals surface area contributed by atoms with Crippen LogP contribution in [0.4, 0.5) is 5.69 Å². The monoisotopic (exact) mass is 307 g/mol. The molecule has 6 heteroatoms. The van der Waals surface area contributed by atoms with E-state index >= 15 is 0 Å². The number of rotatable bonds is 2. The Morgan fingerprint density at radius 1 is 1.26 bits per heavy atom. The van der Waals surface area contributed by atoms with Crippen molar-refractivity contribution in [3.05, 3.63) is 41.9 Å². The molecular weight excluding hydrogens is 290 g/mol. The van der Waals surface area contributed by atoms with Crippen molar-refractivity contribution in [2.75, 3.05) is 11.4 Å². The van der Waals surface area contributed by atoms with Crippen LogP contribution in [0.5, 0.6) is 0 Å². The summed E-state index contributed by atoms with van der Waals surface area (Å²) in [5.74, 6) is 0.672. The lowest BCUT2D eigenvalue weighted by Gasteiger charge is -2.24. The smallest absolute Gasteiger partial charge is 0.252 e. The van der Waals surface area contributed by atoms with Crippen LogP contribution < -0.4 is 4.90 Å². The maximum absolute atomic E-state index is 11.8. The summed E-state index contributed by atoms with van der Waals surface area (Å²) in [7, 11) is 0. The lowest BCUT2D eigenvalue weighted by molar-refractivity contribution is -0.116. The average molecular weight is 307 g/mol. The predicted molar refractivity (Wildman–Crippen MR) is 87.3 cm³/mol. The van der Waals surface area contributed by atoms with Gasteiger partial charge >= 0.3 is 0 Å². The van der Waals surface area contributed by atoms with Gasteiger partial charge in [-0.1, -0.05) is 6.07 Å². The van der Waals surface area contributed by atoms with Gasteiger partial charge in [-0.3, -0.25) is 4.79 Å². The molecule has 3 aromatic rings. The molecule has 0 fully saturated rings. The van der Waals surface area contributed by atoms with Crippen molar-refractivity contribution in [3.63, 3.8) is 0 Å². The van der Waals surface area contributed by atoms with Gasteiger partial charge in [-0.15, -0.1) is 0 Å². The van der Waals surface area contributed by atoms with Crippen molar-refractivity contribution in [2.24, 2.45) is 0 Å². The van der Waals surface area contributed by atoms with Gasteiger partial charge in [-0.25, -0.2) is 4.98 Å². The summed E-state index contributed by atoms with van der Waals surface area (Å²) >= 11 is 0. The second kappa shape index (κ2) is 5.15. The van der Waals surface area contributed by atoms with Gasteiger partial charge in [0.1, 0.15) is 6.33 Å². The SMILES string of the molecule is CCN(C(C)=O)c1ccc2c(c1)CCc1cnc3ncnn3c1-2. The Morgan fingerprint density at radius 3 is 2.87 bits per heavy atom. The molecule has 23 heavy (non-hydrogen) atoms. The number of fused-ring (bicyclic) bond motifs is 5. The molecule has 0 N–H and O–H groups in total. The summed E-state index contributed by atoms with van der Waals surface area (Å²) in [5, 5.41) is 4.31. The molecular formula is C17H17N5O. The highest BCUT2D eigenvalue weighted by atomic mass is 16.2. The first-order valence-corrected chi connectivity index (χ1v) is 7.78. The third-order valence-corrected chi connectivity index (χ3v) is 4.40. The van der Waals surface area contributed by atoms with Crippen LogP contribution in [0.3, 0.4) is 0 Å². The maximum Gasteiger partial charge on any atom is 0.252 e. The van der Waals surface area contributed by atoms with Crippen LogP contribution in [-0.2, 0) is 17.6 Å². The second-order valence-electron chi connectivity index (χ2n) is 5.71. The molecule has 0 aliphatic heterocycles. The zero-order valence-electron chi connectivity index (χ0n) is 13.2. The first-order valence-electron chi connectivity index (χ1n) is 7.78. The Labute approximate surface area is 133 Å². The zero-order chi connectivity index (χ0) is 16.0. The van der Waals surface area contributed by atoms with E-state index in [1.807, 2.05) is 19.2 Å². The van der Waals surface area contributed by atoms with Crippen LogP contribution in [0.2, 0.25) is 0 Å². The fourth-order valence-corrected chi connectivity index (χ4v) is 3.33. The zero-order valence-corrected chi connectivity index (χ0v) is 13.2. The topological polar surface area (TPSA) is 63.4 Å². The Morgan fingerprint density at radius 2 is 2.09 bits per heavy atom. The van der Waals surface area contributed by atoms with E-state index in [-0.39, 0.29) is 5.91 Å². The van der Waals surface area contributed by atoms with Crippen molar-refractivity contribution in [1.29, 1.82) is 0 Å². The van der Waals surface area contributed by atoms with Gasteiger partial charge in [0.2, 0.25) is 5.91 Å². The van der Waals surface area contributed by atoms with E-state index in [0.29, 0.717) is 12.3 Å². The van der Waals surface area contributed by atoms with Crippen molar-refractivity contribution < 1.29 is 4.79 Å². The Balaban J connectivity index is 1.89. The van der Waals surface area contributed by atoms with Crippen LogP contribution in [0.1, 0.15) is 25.0 Å². The molecule has 1 aliphatic carbocycles. The molecule has 0 radical (unpaired) electrons. The number of nitrogens with zero attached hydrogens (tertiary/aromatic N) is 5. The first kappa shape index (κ1) is 13.9. The van der Waals surface area contributed by atoms with Crippen LogP contribution in [-0.4, -0.2) is 32.0 Å². The van der Waals surface area contributed by atoms with Crippen LogP contribution in [0, 0.1) is 0 Å². The van der Waals surface area contributed by atoms with E-state index in [9.17, 15) is 4.79 Å². The number of aryl methyl sites for hydroxylation is 2. The van der Waals surface area contributed by atoms with Gasteiger partial charge in [0.25, 0.3) is 5.78 Å². The normalized spacial score (nSPS) is 12.8. The molecule has 0 spiro atoms. The van der Waals surface area contributed by atoms with Crippen molar-refractivity contribution >= 4 is 17.4 Å². The van der Waals surface area contributed by atoms with Crippen molar-refractivity contribution in [1.82, 2.24) is 19.6 Å². The first-order chi connectivity index (χ1) is 11.2. The Kier molecular flexibility index (Phi) is 3.11.